The lowest BCUT2D eigenvalue weighted by Gasteiger charge is -2.07. The lowest BCUT2D eigenvalue weighted by molar-refractivity contribution is -0.123. The molecule has 0 bridgehead atoms. The molecule has 3 aromatic rings. The third-order valence-corrected chi connectivity index (χ3v) is 4.75. The van der Waals surface area contributed by atoms with Gasteiger partial charge in [0.2, 0.25) is 5.91 Å². The molecule has 4 rings (SSSR count). The molecule has 2 aromatic carbocycles. The summed E-state index contributed by atoms with van der Waals surface area (Å²) in [6.07, 6.45) is 1.72. The van der Waals surface area contributed by atoms with Gasteiger partial charge in [-0.1, -0.05) is 0 Å². The van der Waals surface area contributed by atoms with Gasteiger partial charge in [0, 0.05) is 30.1 Å². The van der Waals surface area contributed by atoms with Crippen LogP contribution in [0.1, 0.15) is 12.0 Å². The highest BCUT2D eigenvalue weighted by molar-refractivity contribution is 5.99. The SMILES string of the molecule is O=C(CCc1c(-c2ccc(F)cc2)[nH]c2c(F)cc(F)cc12)NC1=CCNC1=O. The van der Waals surface area contributed by atoms with Crippen LogP contribution in [0.4, 0.5) is 13.2 Å². The summed E-state index contributed by atoms with van der Waals surface area (Å²) in [5.74, 6) is -2.68. The molecule has 1 aliphatic rings. The Morgan fingerprint density at radius 1 is 1.07 bits per heavy atom. The molecule has 0 radical (unpaired) electrons. The second kappa shape index (κ2) is 7.46. The van der Waals surface area contributed by atoms with Crippen molar-refractivity contribution >= 4 is 22.7 Å². The topological polar surface area (TPSA) is 74.0 Å². The van der Waals surface area contributed by atoms with Gasteiger partial charge in [0.25, 0.3) is 5.91 Å². The minimum absolute atomic E-state index is 0.0100. The maximum Gasteiger partial charge on any atom is 0.267 e. The highest BCUT2D eigenvalue weighted by Gasteiger charge is 2.20. The number of nitrogens with one attached hydrogen (secondary N) is 3. The highest BCUT2D eigenvalue weighted by atomic mass is 19.1. The van der Waals surface area contributed by atoms with Gasteiger partial charge in [0.05, 0.1) is 5.52 Å². The number of halogens is 3. The van der Waals surface area contributed by atoms with Crippen molar-refractivity contribution in [3.05, 3.63) is 71.2 Å². The van der Waals surface area contributed by atoms with E-state index in [1.807, 2.05) is 0 Å². The molecule has 29 heavy (non-hydrogen) atoms. The maximum atomic E-state index is 14.3. The van der Waals surface area contributed by atoms with Crippen LogP contribution in [-0.4, -0.2) is 23.3 Å². The third kappa shape index (κ3) is 3.73. The van der Waals surface area contributed by atoms with Gasteiger partial charge < -0.3 is 15.6 Å². The van der Waals surface area contributed by atoms with Gasteiger partial charge in [-0.05, 0) is 54.0 Å². The molecule has 148 valence electrons. The molecule has 8 heteroatoms. The molecule has 5 nitrogen and oxygen atoms in total. The molecule has 1 aliphatic heterocycles. The molecule has 2 amide bonds. The first-order valence-electron chi connectivity index (χ1n) is 8.96. The highest BCUT2D eigenvalue weighted by Crippen LogP contribution is 2.33. The van der Waals surface area contributed by atoms with Crippen molar-refractivity contribution in [2.45, 2.75) is 12.8 Å². The molecule has 0 spiro atoms. The predicted octanol–water partition coefficient (Wildman–Crippen LogP) is 3.31. The number of carbonyl (C=O) groups is 2. The Balaban J connectivity index is 1.67. The normalized spacial score (nSPS) is 13.5. The molecule has 0 unspecified atom stereocenters. The summed E-state index contributed by atoms with van der Waals surface area (Å²) in [7, 11) is 0. The first-order valence-corrected chi connectivity index (χ1v) is 8.96. The Labute approximate surface area is 163 Å². The summed E-state index contributed by atoms with van der Waals surface area (Å²) in [6.45, 7) is 0.351. The van der Waals surface area contributed by atoms with Crippen LogP contribution < -0.4 is 10.6 Å². The number of hydrogen-bond donors (Lipinski definition) is 3. The number of aromatic amines is 1. The van der Waals surface area contributed by atoms with Gasteiger partial charge >= 0.3 is 0 Å². The van der Waals surface area contributed by atoms with Crippen molar-refractivity contribution in [2.24, 2.45) is 0 Å². The quantitative estimate of drug-likeness (QED) is 0.616. The summed E-state index contributed by atoms with van der Waals surface area (Å²) in [5, 5.41) is 5.39. The number of amides is 2. The minimum Gasteiger partial charge on any atom is -0.352 e. The lowest BCUT2D eigenvalue weighted by Crippen LogP contribution is -2.29. The standard InChI is InChI=1S/C21H16F3N3O2/c22-12-3-1-11(2-4-12)19-14(15-9-13(23)10-16(24)20(15)27-19)5-6-18(28)26-17-7-8-25-21(17)29/h1-4,7,9-10,27H,5-6,8H2,(H,25,29)(H,26,28). The third-order valence-electron chi connectivity index (χ3n) is 4.75. The number of fused-ring (bicyclic) bond motifs is 1. The molecule has 0 saturated heterocycles. The van der Waals surface area contributed by atoms with Gasteiger partial charge in [0.1, 0.15) is 23.1 Å². The molecular formula is C21H16F3N3O2. The number of hydrogen-bond acceptors (Lipinski definition) is 2. The Bertz CT molecular complexity index is 1150. The van der Waals surface area contributed by atoms with Crippen LogP contribution in [0.2, 0.25) is 0 Å². The molecule has 3 N–H and O–H groups in total. The first-order chi connectivity index (χ1) is 13.9. The van der Waals surface area contributed by atoms with E-state index in [1.54, 1.807) is 6.08 Å². The van der Waals surface area contributed by atoms with Crippen LogP contribution in [0.15, 0.2) is 48.2 Å². The van der Waals surface area contributed by atoms with Crippen molar-refractivity contribution in [3.63, 3.8) is 0 Å². The largest absolute Gasteiger partial charge is 0.352 e. The number of aromatic nitrogens is 1. The molecule has 2 heterocycles. The van der Waals surface area contributed by atoms with E-state index in [0.717, 1.165) is 6.07 Å². The molecule has 0 fully saturated rings. The van der Waals surface area contributed by atoms with E-state index in [-0.39, 0.29) is 30.0 Å². The number of aryl methyl sites for hydroxylation is 1. The fourth-order valence-corrected chi connectivity index (χ4v) is 3.39. The number of carbonyl (C=O) groups excluding carboxylic acids is 2. The zero-order chi connectivity index (χ0) is 20.5. The predicted molar refractivity (Wildman–Crippen MR) is 101 cm³/mol. The van der Waals surface area contributed by atoms with Crippen LogP contribution in [0.5, 0.6) is 0 Å². The lowest BCUT2D eigenvalue weighted by atomic mass is 10.0. The Morgan fingerprint density at radius 2 is 1.83 bits per heavy atom. The van der Waals surface area contributed by atoms with Crippen molar-refractivity contribution < 1.29 is 22.8 Å². The van der Waals surface area contributed by atoms with Crippen LogP contribution in [-0.2, 0) is 16.0 Å². The number of H-pyrrole nitrogens is 1. The molecular weight excluding hydrogens is 383 g/mol. The monoisotopic (exact) mass is 399 g/mol. The van der Waals surface area contributed by atoms with Gasteiger partial charge in [-0.3, -0.25) is 9.59 Å². The average Bonchev–Trinajstić information content (AvgIpc) is 3.24. The van der Waals surface area contributed by atoms with Gasteiger partial charge in [-0.2, -0.15) is 0 Å². The smallest absolute Gasteiger partial charge is 0.267 e. The van der Waals surface area contributed by atoms with E-state index >= 15 is 0 Å². The van der Waals surface area contributed by atoms with E-state index in [2.05, 4.69) is 15.6 Å². The van der Waals surface area contributed by atoms with Crippen LogP contribution in [0.3, 0.4) is 0 Å². The van der Waals surface area contributed by atoms with E-state index in [1.165, 1.54) is 30.3 Å². The zero-order valence-corrected chi connectivity index (χ0v) is 15.1. The van der Waals surface area contributed by atoms with E-state index in [0.29, 0.717) is 28.8 Å². The molecule has 0 atom stereocenters. The Morgan fingerprint density at radius 3 is 2.52 bits per heavy atom. The second-order valence-electron chi connectivity index (χ2n) is 6.67. The van der Waals surface area contributed by atoms with Crippen molar-refractivity contribution in [2.75, 3.05) is 6.54 Å². The molecule has 0 saturated carbocycles. The van der Waals surface area contributed by atoms with Gasteiger partial charge in [-0.25, -0.2) is 13.2 Å². The van der Waals surface area contributed by atoms with Gasteiger partial charge in [0.15, 0.2) is 0 Å². The molecule has 1 aromatic heterocycles. The van der Waals surface area contributed by atoms with E-state index in [4.69, 9.17) is 0 Å². The first kappa shape index (κ1) is 18.8. The Kier molecular flexibility index (Phi) is 4.84. The summed E-state index contributed by atoms with van der Waals surface area (Å²) in [4.78, 5) is 26.7. The molecule has 0 aliphatic carbocycles. The van der Waals surface area contributed by atoms with Gasteiger partial charge in [-0.15, -0.1) is 0 Å². The number of rotatable bonds is 5. The van der Waals surface area contributed by atoms with Crippen molar-refractivity contribution in [1.82, 2.24) is 15.6 Å². The Hall–Kier alpha value is -3.55. The van der Waals surface area contributed by atoms with Crippen LogP contribution in [0, 0.1) is 17.5 Å². The minimum atomic E-state index is -0.758. The van der Waals surface area contributed by atoms with E-state index < -0.39 is 23.4 Å². The zero-order valence-electron chi connectivity index (χ0n) is 15.1. The number of benzene rings is 2. The van der Waals surface area contributed by atoms with Crippen LogP contribution >= 0.6 is 0 Å². The summed E-state index contributed by atoms with van der Waals surface area (Å²) in [6, 6.07) is 7.53. The van der Waals surface area contributed by atoms with E-state index in [9.17, 15) is 22.8 Å². The summed E-state index contributed by atoms with van der Waals surface area (Å²) in [5.41, 5.74) is 1.89. The summed E-state index contributed by atoms with van der Waals surface area (Å²) < 4.78 is 41.4. The average molecular weight is 399 g/mol. The fourth-order valence-electron chi connectivity index (χ4n) is 3.39. The van der Waals surface area contributed by atoms with Crippen molar-refractivity contribution in [1.29, 1.82) is 0 Å². The fraction of sp³-hybridized carbons (Fsp3) is 0.143. The van der Waals surface area contributed by atoms with Crippen molar-refractivity contribution in [3.8, 4) is 11.3 Å². The summed E-state index contributed by atoms with van der Waals surface area (Å²) >= 11 is 0. The second-order valence-corrected chi connectivity index (χ2v) is 6.67. The van der Waals surface area contributed by atoms with Crippen LogP contribution in [0.25, 0.3) is 22.2 Å². The maximum absolute atomic E-state index is 14.3.